The molecule has 1 aromatic rings. The molecule has 2 aliphatic rings. The molecule has 114 valence electrons. The number of likely N-dealkylation sites (tertiary alicyclic amines) is 1. The molecule has 0 aromatic heterocycles. The van der Waals surface area contributed by atoms with E-state index in [1.165, 1.54) is 0 Å². The summed E-state index contributed by atoms with van der Waals surface area (Å²) in [6.45, 7) is 2.97. The van der Waals surface area contributed by atoms with Crippen molar-refractivity contribution in [3.8, 4) is 0 Å². The van der Waals surface area contributed by atoms with Crippen LogP contribution in [0.25, 0.3) is 0 Å². The lowest BCUT2D eigenvalue weighted by atomic mass is 10.0. The first kappa shape index (κ1) is 15.3. The quantitative estimate of drug-likeness (QED) is 0.786. The first-order chi connectivity index (χ1) is 10.1. The van der Waals surface area contributed by atoms with Gasteiger partial charge in [0, 0.05) is 31.0 Å². The van der Waals surface area contributed by atoms with E-state index in [4.69, 9.17) is 44.9 Å². The Morgan fingerprint density at radius 2 is 1.86 bits per heavy atom. The average Bonchev–Trinajstić information content (AvgIpc) is 2.91. The monoisotopic (exact) mass is 346 g/mol. The minimum Gasteiger partial charge on any atom is -0.349 e. The molecular weight excluding hydrogens is 331 g/mol. The molecule has 0 amide bonds. The Kier molecular flexibility index (Phi) is 4.57. The van der Waals surface area contributed by atoms with Crippen LogP contribution in [0.2, 0.25) is 10.0 Å². The van der Waals surface area contributed by atoms with Gasteiger partial charge in [0.1, 0.15) is 0 Å². The summed E-state index contributed by atoms with van der Waals surface area (Å²) < 4.78 is 11.4. The van der Waals surface area contributed by atoms with Crippen molar-refractivity contribution in [2.24, 2.45) is 0 Å². The van der Waals surface area contributed by atoms with Crippen molar-refractivity contribution in [3.05, 3.63) is 28.2 Å². The molecule has 0 unspecified atom stereocenters. The SMILES string of the molecule is S=C(Nc1ccc(Cl)cc1Cl)N1CCC2(CC1)OCCO2. The molecule has 3 rings (SSSR count). The summed E-state index contributed by atoms with van der Waals surface area (Å²) in [5.74, 6) is -0.385. The van der Waals surface area contributed by atoms with Crippen LogP contribution in [0.1, 0.15) is 12.8 Å². The predicted octanol–water partition coefficient (Wildman–Crippen LogP) is 3.53. The smallest absolute Gasteiger partial charge is 0.173 e. The van der Waals surface area contributed by atoms with Gasteiger partial charge in [0.15, 0.2) is 10.9 Å². The largest absolute Gasteiger partial charge is 0.349 e. The van der Waals surface area contributed by atoms with Gasteiger partial charge < -0.3 is 19.7 Å². The van der Waals surface area contributed by atoms with Gasteiger partial charge in [0.25, 0.3) is 0 Å². The van der Waals surface area contributed by atoms with Crippen LogP contribution in [0, 0.1) is 0 Å². The van der Waals surface area contributed by atoms with Gasteiger partial charge in [-0.05, 0) is 30.4 Å². The third-order valence-corrected chi connectivity index (χ3v) is 4.71. The third kappa shape index (κ3) is 3.43. The van der Waals surface area contributed by atoms with Gasteiger partial charge in [-0.2, -0.15) is 0 Å². The Labute approximate surface area is 139 Å². The van der Waals surface area contributed by atoms with Gasteiger partial charge in [-0.3, -0.25) is 0 Å². The molecule has 1 spiro atoms. The molecule has 0 saturated carbocycles. The van der Waals surface area contributed by atoms with Gasteiger partial charge in [-0.1, -0.05) is 23.2 Å². The number of hydrogen-bond donors (Lipinski definition) is 1. The van der Waals surface area contributed by atoms with E-state index < -0.39 is 0 Å². The van der Waals surface area contributed by atoms with Gasteiger partial charge >= 0.3 is 0 Å². The standard InChI is InChI=1S/C14H16Cl2N2O2S/c15-10-1-2-12(11(16)9-10)17-13(21)18-5-3-14(4-6-18)19-7-8-20-14/h1-2,9H,3-8H2,(H,17,21). The number of thiocarbonyl (C=S) groups is 1. The van der Waals surface area contributed by atoms with Crippen LogP contribution < -0.4 is 5.32 Å². The highest BCUT2D eigenvalue weighted by atomic mass is 35.5. The second-order valence-electron chi connectivity index (χ2n) is 5.15. The second kappa shape index (κ2) is 6.26. The first-order valence-corrected chi connectivity index (χ1v) is 8.03. The molecule has 0 aliphatic carbocycles. The van der Waals surface area contributed by atoms with Crippen molar-refractivity contribution >= 4 is 46.2 Å². The highest BCUT2D eigenvalue weighted by Gasteiger charge is 2.40. The lowest BCUT2D eigenvalue weighted by Gasteiger charge is -2.38. The van der Waals surface area contributed by atoms with Gasteiger partial charge in [-0.25, -0.2) is 0 Å². The molecule has 0 radical (unpaired) electrons. The number of nitrogens with one attached hydrogen (secondary N) is 1. The second-order valence-corrected chi connectivity index (χ2v) is 6.38. The molecule has 0 atom stereocenters. The molecule has 1 aromatic carbocycles. The fourth-order valence-electron chi connectivity index (χ4n) is 2.62. The van der Waals surface area contributed by atoms with Crippen LogP contribution in [0.5, 0.6) is 0 Å². The number of piperidine rings is 1. The summed E-state index contributed by atoms with van der Waals surface area (Å²) >= 11 is 17.5. The minimum atomic E-state index is -0.385. The van der Waals surface area contributed by atoms with E-state index >= 15 is 0 Å². The van der Waals surface area contributed by atoms with E-state index in [1.54, 1.807) is 12.1 Å². The zero-order valence-corrected chi connectivity index (χ0v) is 13.7. The summed E-state index contributed by atoms with van der Waals surface area (Å²) in [6, 6.07) is 5.30. The van der Waals surface area contributed by atoms with Crippen LogP contribution >= 0.6 is 35.4 Å². The lowest BCUT2D eigenvalue weighted by Crippen LogP contribution is -2.48. The van der Waals surface area contributed by atoms with E-state index in [0.717, 1.165) is 31.6 Å². The lowest BCUT2D eigenvalue weighted by molar-refractivity contribution is -0.180. The number of halogens is 2. The number of benzene rings is 1. The van der Waals surface area contributed by atoms with Gasteiger partial charge in [0.05, 0.1) is 23.9 Å². The van der Waals surface area contributed by atoms with E-state index in [0.29, 0.717) is 28.4 Å². The average molecular weight is 347 g/mol. The molecule has 21 heavy (non-hydrogen) atoms. The molecule has 1 N–H and O–H groups in total. The molecule has 2 fully saturated rings. The van der Waals surface area contributed by atoms with Crippen molar-refractivity contribution in [3.63, 3.8) is 0 Å². The van der Waals surface area contributed by atoms with E-state index in [9.17, 15) is 0 Å². The summed E-state index contributed by atoms with van der Waals surface area (Å²) in [7, 11) is 0. The van der Waals surface area contributed by atoms with E-state index in [-0.39, 0.29) is 5.79 Å². The molecule has 2 heterocycles. The van der Waals surface area contributed by atoms with Crippen molar-refractivity contribution in [2.45, 2.75) is 18.6 Å². The van der Waals surface area contributed by atoms with E-state index in [2.05, 4.69) is 10.2 Å². The Balaban J connectivity index is 1.59. The number of anilines is 1. The van der Waals surface area contributed by atoms with Crippen LogP contribution in [0.4, 0.5) is 5.69 Å². The summed E-state index contributed by atoms with van der Waals surface area (Å²) in [5.41, 5.74) is 0.764. The maximum Gasteiger partial charge on any atom is 0.173 e. The Morgan fingerprint density at radius 1 is 1.19 bits per heavy atom. The third-order valence-electron chi connectivity index (χ3n) is 3.80. The highest BCUT2D eigenvalue weighted by Crippen LogP contribution is 2.32. The van der Waals surface area contributed by atoms with Crippen molar-refractivity contribution < 1.29 is 9.47 Å². The Morgan fingerprint density at radius 3 is 2.48 bits per heavy atom. The number of nitrogens with zero attached hydrogens (tertiary/aromatic N) is 1. The van der Waals surface area contributed by atoms with Crippen LogP contribution in [0.3, 0.4) is 0 Å². The topological polar surface area (TPSA) is 33.7 Å². The van der Waals surface area contributed by atoms with Crippen molar-refractivity contribution in [2.75, 3.05) is 31.6 Å². The zero-order valence-electron chi connectivity index (χ0n) is 11.4. The molecular formula is C14H16Cl2N2O2S. The normalized spacial score (nSPS) is 20.8. The van der Waals surface area contributed by atoms with Gasteiger partial charge in [-0.15, -0.1) is 0 Å². The predicted molar refractivity (Wildman–Crippen MR) is 88.1 cm³/mol. The number of rotatable bonds is 1. The number of ether oxygens (including phenoxy) is 2. The van der Waals surface area contributed by atoms with Crippen molar-refractivity contribution in [1.82, 2.24) is 4.90 Å². The van der Waals surface area contributed by atoms with E-state index in [1.807, 2.05) is 6.07 Å². The van der Waals surface area contributed by atoms with Crippen LogP contribution in [-0.4, -0.2) is 42.1 Å². The van der Waals surface area contributed by atoms with Crippen LogP contribution in [0.15, 0.2) is 18.2 Å². The molecule has 0 bridgehead atoms. The maximum atomic E-state index is 6.15. The summed E-state index contributed by atoms with van der Waals surface area (Å²) in [5, 5.41) is 4.99. The first-order valence-electron chi connectivity index (χ1n) is 6.87. The number of hydrogen-bond acceptors (Lipinski definition) is 3. The molecule has 2 aliphatic heterocycles. The Bertz CT molecular complexity index is 540. The highest BCUT2D eigenvalue weighted by molar-refractivity contribution is 7.80. The maximum absolute atomic E-state index is 6.15. The zero-order chi connectivity index (χ0) is 14.9. The fourth-order valence-corrected chi connectivity index (χ4v) is 3.37. The Hall–Kier alpha value is -0.590. The van der Waals surface area contributed by atoms with Crippen LogP contribution in [-0.2, 0) is 9.47 Å². The summed E-state index contributed by atoms with van der Waals surface area (Å²) in [4.78, 5) is 2.11. The summed E-state index contributed by atoms with van der Waals surface area (Å²) in [6.07, 6.45) is 1.65. The fraction of sp³-hybridized carbons (Fsp3) is 0.500. The van der Waals surface area contributed by atoms with Gasteiger partial charge in [0.2, 0.25) is 0 Å². The molecule has 2 saturated heterocycles. The minimum absolute atomic E-state index is 0.385. The molecule has 7 heteroatoms. The van der Waals surface area contributed by atoms with Crippen molar-refractivity contribution in [1.29, 1.82) is 0 Å². The molecule has 4 nitrogen and oxygen atoms in total.